The smallest absolute Gasteiger partial charge is 0.307 e. The molecule has 0 heterocycles. The van der Waals surface area contributed by atoms with Crippen LogP contribution in [-0.4, -0.2) is 32.7 Å². The lowest BCUT2D eigenvalue weighted by molar-refractivity contribution is -0.141. The molecule has 0 radical (unpaired) electrons. The molecule has 144 valence electrons. The zero-order chi connectivity index (χ0) is 19.8. The Morgan fingerprint density at radius 3 is 2.37 bits per heavy atom. The number of halogens is 1. The number of carbonyl (C=O) groups is 2. The molecule has 1 N–H and O–H groups in total. The van der Waals surface area contributed by atoms with Gasteiger partial charge in [0.05, 0.1) is 33.3 Å². The van der Waals surface area contributed by atoms with Gasteiger partial charge < -0.3 is 19.5 Å². The van der Waals surface area contributed by atoms with Crippen LogP contribution in [-0.2, 0) is 9.53 Å². The topological polar surface area (TPSA) is 73.9 Å². The highest BCUT2D eigenvalue weighted by atomic mass is 19.1. The molecule has 2 aromatic carbocycles. The van der Waals surface area contributed by atoms with Crippen LogP contribution in [0.4, 0.5) is 4.39 Å². The van der Waals surface area contributed by atoms with Crippen molar-refractivity contribution in [2.75, 3.05) is 20.8 Å². The first-order valence-electron chi connectivity index (χ1n) is 8.42. The minimum absolute atomic E-state index is 0.0810. The Balaban J connectivity index is 2.25. The third-order valence-electron chi connectivity index (χ3n) is 3.90. The quantitative estimate of drug-likeness (QED) is 0.717. The molecule has 1 amide bonds. The van der Waals surface area contributed by atoms with Crippen molar-refractivity contribution in [3.63, 3.8) is 0 Å². The fourth-order valence-electron chi connectivity index (χ4n) is 2.53. The van der Waals surface area contributed by atoms with Gasteiger partial charge in [-0.1, -0.05) is 12.1 Å². The van der Waals surface area contributed by atoms with E-state index in [9.17, 15) is 14.0 Å². The van der Waals surface area contributed by atoms with Crippen LogP contribution >= 0.6 is 0 Å². The number of esters is 1. The molecule has 2 aromatic rings. The van der Waals surface area contributed by atoms with E-state index in [4.69, 9.17) is 14.2 Å². The molecule has 0 bridgehead atoms. The standard InChI is InChI=1S/C20H22FNO5/c1-4-27-18-11-14(7-10-17(18)25-2)20(24)22-16(12-19(23)26-3)13-5-8-15(21)9-6-13/h5-11,16H,4,12H2,1-3H3,(H,22,24). The van der Waals surface area contributed by atoms with Gasteiger partial charge >= 0.3 is 5.97 Å². The van der Waals surface area contributed by atoms with Gasteiger partial charge in [0.15, 0.2) is 11.5 Å². The SMILES string of the molecule is CCOc1cc(C(=O)NC(CC(=O)OC)c2ccc(F)cc2)ccc1OC. The lowest BCUT2D eigenvalue weighted by Gasteiger charge is -2.19. The fraction of sp³-hybridized carbons (Fsp3) is 0.300. The Bertz CT molecular complexity index is 791. The normalized spacial score (nSPS) is 11.4. The number of hydrogen-bond acceptors (Lipinski definition) is 5. The second-order valence-corrected chi connectivity index (χ2v) is 5.66. The third-order valence-corrected chi connectivity index (χ3v) is 3.90. The highest BCUT2D eigenvalue weighted by molar-refractivity contribution is 5.95. The average Bonchev–Trinajstić information content (AvgIpc) is 2.68. The summed E-state index contributed by atoms with van der Waals surface area (Å²) in [6.07, 6.45) is -0.0810. The van der Waals surface area contributed by atoms with Gasteiger partial charge in [-0.3, -0.25) is 9.59 Å². The van der Waals surface area contributed by atoms with E-state index in [0.29, 0.717) is 29.2 Å². The second-order valence-electron chi connectivity index (χ2n) is 5.66. The van der Waals surface area contributed by atoms with Crippen molar-refractivity contribution >= 4 is 11.9 Å². The van der Waals surface area contributed by atoms with Crippen LogP contribution in [0.2, 0.25) is 0 Å². The van der Waals surface area contributed by atoms with Gasteiger partial charge in [-0.15, -0.1) is 0 Å². The van der Waals surface area contributed by atoms with E-state index in [0.717, 1.165) is 0 Å². The molecule has 0 aromatic heterocycles. The summed E-state index contributed by atoms with van der Waals surface area (Å²) in [5.74, 6) is -0.346. The monoisotopic (exact) mass is 375 g/mol. The maximum Gasteiger partial charge on any atom is 0.307 e. The number of rotatable bonds is 8. The molecule has 0 aliphatic rings. The molecule has 0 saturated carbocycles. The van der Waals surface area contributed by atoms with Crippen molar-refractivity contribution in [3.05, 3.63) is 59.4 Å². The summed E-state index contributed by atoms with van der Waals surface area (Å²) in [5, 5.41) is 2.78. The van der Waals surface area contributed by atoms with E-state index < -0.39 is 23.7 Å². The third kappa shape index (κ3) is 5.44. The molecular formula is C20H22FNO5. The molecule has 7 heteroatoms. The lowest BCUT2D eigenvalue weighted by atomic mass is 10.0. The van der Waals surface area contributed by atoms with Crippen LogP contribution in [0, 0.1) is 5.82 Å². The van der Waals surface area contributed by atoms with E-state index in [1.807, 2.05) is 6.92 Å². The van der Waals surface area contributed by atoms with Gasteiger partial charge in [-0.2, -0.15) is 0 Å². The molecule has 0 fully saturated rings. The van der Waals surface area contributed by atoms with Crippen molar-refractivity contribution < 1.29 is 28.2 Å². The first-order valence-corrected chi connectivity index (χ1v) is 8.42. The first-order chi connectivity index (χ1) is 13.0. The van der Waals surface area contributed by atoms with E-state index in [1.165, 1.54) is 38.5 Å². The number of amides is 1. The summed E-state index contributed by atoms with van der Waals surface area (Å²) >= 11 is 0. The first kappa shape index (κ1) is 20.2. The average molecular weight is 375 g/mol. The van der Waals surface area contributed by atoms with Crippen LogP contribution in [0.5, 0.6) is 11.5 Å². The van der Waals surface area contributed by atoms with Gasteiger partial charge in [0.1, 0.15) is 5.82 Å². The summed E-state index contributed by atoms with van der Waals surface area (Å²) < 4.78 is 28.6. The van der Waals surface area contributed by atoms with Crippen molar-refractivity contribution in [1.82, 2.24) is 5.32 Å². The second kappa shape index (κ2) is 9.56. The molecule has 6 nitrogen and oxygen atoms in total. The summed E-state index contributed by atoms with van der Waals surface area (Å²) in [4.78, 5) is 24.4. The predicted octanol–water partition coefficient (Wildman–Crippen LogP) is 3.27. The molecule has 1 unspecified atom stereocenters. The Hall–Kier alpha value is -3.09. The molecule has 2 rings (SSSR count). The van der Waals surface area contributed by atoms with E-state index >= 15 is 0 Å². The number of benzene rings is 2. The summed E-state index contributed by atoms with van der Waals surface area (Å²) in [7, 11) is 2.78. The zero-order valence-corrected chi connectivity index (χ0v) is 15.5. The van der Waals surface area contributed by atoms with E-state index in [1.54, 1.807) is 18.2 Å². The van der Waals surface area contributed by atoms with Crippen LogP contribution in [0.1, 0.15) is 35.3 Å². The largest absolute Gasteiger partial charge is 0.493 e. The van der Waals surface area contributed by atoms with Crippen LogP contribution < -0.4 is 14.8 Å². The molecule has 0 aliphatic carbocycles. The molecule has 27 heavy (non-hydrogen) atoms. The van der Waals surface area contributed by atoms with Crippen LogP contribution in [0.15, 0.2) is 42.5 Å². The Kier molecular flexibility index (Phi) is 7.16. The zero-order valence-electron chi connectivity index (χ0n) is 15.5. The number of carbonyl (C=O) groups excluding carboxylic acids is 2. The van der Waals surface area contributed by atoms with Gasteiger partial charge in [-0.05, 0) is 42.8 Å². The molecule has 0 aliphatic heterocycles. The van der Waals surface area contributed by atoms with Gasteiger partial charge in [0.2, 0.25) is 0 Å². The van der Waals surface area contributed by atoms with Crippen molar-refractivity contribution in [3.8, 4) is 11.5 Å². The number of methoxy groups -OCH3 is 2. The summed E-state index contributed by atoms with van der Waals surface area (Å²) in [5.41, 5.74) is 0.935. The van der Waals surface area contributed by atoms with Crippen LogP contribution in [0.25, 0.3) is 0 Å². The molecule has 0 spiro atoms. The highest BCUT2D eigenvalue weighted by Crippen LogP contribution is 2.28. The predicted molar refractivity (Wildman–Crippen MR) is 97.4 cm³/mol. The maximum atomic E-state index is 13.2. The minimum Gasteiger partial charge on any atom is -0.493 e. The highest BCUT2D eigenvalue weighted by Gasteiger charge is 2.21. The van der Waals surface area contributed by atoms with Gasteiger partial charge in [0, 0.05) is 5.56 Å². The molecule has 0 saturated heterocycles. The molecular weight excluding hydrogens is 353 g/mol. The van der Waals surface area contributed by atoms with E-state index in [-0.39, 0.29) is 6.42 Å². The fourth-order valence-corrected chi connectivity index (χ4v) is 2.53. The summed E-state index contributed by atoms with van der Waals surface area (Å²) in [6, 6.07) is 9.70. The number of nitrogens with one attached hydrogen (secondary N) is 1. The van der Waals surface area contributed by atoms with Gasteiger partial charge in [0.25, 0.3) is 5.91 Å². The van der Waals surface area contributed by atoms with E-state index in [2.05, 4.69) is 5.32 Å². The van der Waals surface area contributed by atoms with Crippen molar-refractivity contribution in [2.45, 2.75) is 19.4 Å². The summed E-state index contributed by atoms with van der Waals surface area (Å²) in [6.45, 7) is 2.25. The molecule has 1 atom stereocenters. The maximum absolute atomic E-state index is 13.2. The van der Waals surface area contributed by atoms with Gasteiger partial charge in [-0.25, -0.2) is 4.39 Å². The van der Waals surface area contributed by atoms with Crippen molar-refractivity contribution in [2.24, 2.45) is 0 Å². The number of ether oxygens (including phenoxy) is 3. The van der Waals surface area contributed by atoms with Crippen LogP contribution in [0.3, 0.4) is 0 Å². The Morgan fingerprint density at radius 1 is 1.07 bits per heavy atom. The minimum atomic E-state index is -0.664. The lowest BCUT2D eigenvalue weighted by Crippen LogP contribution is -2.30. The van der Waals surface area contributed by atoms with Crippen molar-refractivity contribution in [1.29, 1.82) is 0 Å². The number of hydrogen-bond donors (Lipinski definition) is 1. The Labute approximate surface area is 157 Å². The Morgan fingerprint density at radius 2 is 1.78 bits per heavy atom.